The zero-order valence-corrected chi connectivity index (χ0v) is 6.66. The van der Waals surface area contributed by atoms with Crippen LogP contribution >= 0.6 is 0 Å². The van der Waals surface area contributed by atoms with E-state index in [1.165, 1.54) is 0 Å². The Balaban J connectivity index is 2.52. The van der Waals surface area contributed by atoms with Crippen molar-refractivity contribution >= 4 is 0 Å². The van der Waals surface area contributed by atoms with Crippen LogP contribution in [0.2, 0.25) is 0 Å². The molecule has 0 aromatic carbocycles. The maximum Gasteiger partial charge on any atom is 0.181 e. The fraction of sp³-hybridized carbons (Fsp3) is 1.00. The first-order valence-corrected chi connectivity index (χ1v) is 3.69. The van der Waals surface area contributed by atoms with Gasteiger partial charge < -0.3 is 14.9 Å². The third-order valence-corrected chi connectivity index (χ3v) is 2.06. The van der Waals surface area contributed by atoms with Gasteiger partial charge in [-0.15, -0.1) is 0 Å². The summed E-state index contributed by atoms with van der Waals surface area (Å²) in [6, 6.07) is 0. The minimum Gasteiger partial charge on any atom is -0.387 e. The lowest BCUT2D eigenvalue weighted by Gasteiger charge is -2.11. The highest BCUT2D eigenvalue weighted by molar-refractivity contribution is 4.84. The summed E-state index contributed by atoms with van der Waals surface area (Å²) >= 11 is 0. The van der Waals surface area contributed by atoms with Gasteiger partial charge in [0.1, 0.15) is 6.10 Å². The van der Waals surface area contributed by atoms with E-state index in [1.54, 1.807) is 6.92 Å². The van der Waals surface area contributed by atoms with Gasteiger partial charge in [-0.25, -0.2) is 0 Å². The standard InChI is InChI=1S/C6H11N3O3/c1-3-4(2-8-9-7)12-6(11)5(3)10/h3-6,10-11H,2H2,1H3/t3-,4-,5-,6?/m1/s1. The summed E-state index contributed by atoms with van der Waals surface area (Å²) in [5.41, 5.74) is 8.02. The van der Waals surface area contributed by atoms with Gasteiger partial charge in [0.25, 0.3) is 0 Å². The summed E-state index contributed by atoms with van der Waals surface area (Å²) in [5, 5.41) is 21.6. The fourth-order valence-corrected chi connectivity index (χ4v) is 1.19. The van der Waals surface area contributed by atoms with Crippen LogP contribution in [0.4, 0.5) is 0 Å². The van der Waals surface area contributed by atoms with Gasteiger partial charge in [-0.1, -0.05) is 12.0 Å². The van der Waals surface area contributed by atoms with Crippen molar-refractivity contribution in [2.75, 3.05) is 6.54 Å². The first-order chi connectivity index (χ1) is 5.66. The van der Waals surface area contributed by atoms with Crippen LogP contribution in [0.1, 0.15) is 6.92 Å². The molecule has 4 atom stereocenters. The van der Waals surface area contributed by atoms with Gasteiger partial charge in [-0.05, 0) is 5.53 Å². The lowest BCUT2D eigenvalue weighted by atomic mass is 10.0. The van der Waals surface area contributed by atoms with E-state index >= 15 is 0 Å². The molecule has 2 N–H and O–H groups in total. The van der Waals surface area contributed by atoms with Crippen LogP contribution in [0.15, 0.2) is 5.11 Å². The van der Waals surface area contributed by atoms with Crippen molar-refractivity contribution in [3.8, 4) is 0 Å². The number of rotatable bonds is 2. The van der Waals surface area contributed by atoms with Crippen molar-refractivity contribution < 1.29 is 14.9 Å². The van der Waals surface area contributed by atoms with E-state index in [-0.39, 0.29) is 18.6 Å². The van der Waals surface area contributed by atoms with Crippen LogP contribution in [-0.2, 0) is 4.74 Å². The average Bonchev–Trinajstić information content (AvgIpc) is 2.30. The number of azide groups is 1. The van der Waals surface area contributed by atoms with Gasteiger partial charge in [0.2, 0.25) is 0 Å². The molecule has 0 bridgehead atoms. The number of hydrogen-bond donors (Lipinski definition) is 2. The molecule has 1 heterocycles. The topological polar surface area (TPSA) is 98.5 Å². The van der Waals surface area contributed by atoms with E-state index in [2.05, 4.69) is 10.0 Å². The molecule has 6 nitrogen and oxygen atoms in total. The summed E-state index contributed by atoms with van der Waals surface area (Å²) in [7, 11) is 0. The normalized spacial score (nSPS) is 40.9. The first-order valence-electron chi connectivity index (χ1n) is 3.69. The Morgan fingerprint density at radius 2 is 2.25 bits per heavy atom. The van der Waals surface area contributed by atoms with E-state index in [0.29, 0.717) is 0 Å². The minimum absolute atomic E-state index is 0.145. The smallest absolute Gasteiger partial charge is 0.181 e. The van der Waals surface area contributed by atoms with Crippen LogP contribution in [-0.4, -0.2) is 35.3 Å². The highest BCUT2D eigenvalue weighted by Gasteiger charge is 2.39. The molecule has 1 aliphatic heterocycles. The number of hydrogen-bond acceptors (Lipinski definition) is 4. The SMILES string of the molecule is C[C@@H]1[C@@H](CN=[N+]=[N-])OC(O)[C@@H]1O. The van der Waals surface area contributed by atoms with Gasteiger partial charge in [-0.2, -0.15) is 0 Å². The molecule has 0 aliphatic carbocycles. The third kappa shape index (κ3) is 1.67. The zero-order chi connectivity index (χ0) is 9.14. The van der Waals surface area contributed by atoms with E-state index in [1.807, 2.05) is 0 Å². The van der Waals surface area contributed by atoms with Crippen LogP contribution in [0.5, 0.6) is 0 Å². The van der Waals surface area contributed by atoms with E-state index in [9.17, 15) is 5.11 Å². The average molecular weight is 173 g/mol. The summed E-state index contributed by atoms with van der Waals surface area (Å²) in [6.07, 6.45) is -2.42. The van der Waals surface area contributed by atoms with Crippen molar-refractivity contribution in [2.24, 2.45) is 11.0 Å². The van der Waals surface area contributed by atoms with Crippen LogP contribution in [0.3, 0.4) is 0 Å². The fourth-order valence-electron chi connectivity index (χ4n) is 1.19. The van der Waals surface area contributed by atoms with Crippen LogP contribution in [0, 0.1) is 5.92 Å². The molecular weight excluding hydrogens is 162 g/mol. The van der Waals surface area contributed by atoms with E-state index in [4.69, 9.17) is 15.4 Å². The molecule has 12 heavy (non-hydrogen) atoms. The second-order valence-corrected chi connectivity index (χ2v) is 2.83. The lowest BCUT2D eigenvalue weighted by Crippen LogP contribution is -2.25. The summed E-state index contributed by atoms with van der Waals surface area (Å²) in [5.74, 6) is -0.203. The van der Waals surface area contributed by atoms with Crippen molar-refractivity contribution in [3.05, 3.63) is 10.4 Å². The molecule has 0 aromatic rings. The third-order valence-electron chi connectivity index (χ3n) is 2.06. The Morgan fingerprint density at radius 3 is 2.67 bits per heavy atom. The van der Waals surface area contributed by atoms with Gasteiger partial charge >= 0.3 is 0 Å². The Kier molecular flexibility index (Phi) is 2.88. The molecule has 1 saturated heterocycles. The second-order valence-electron chi connectivity index (χ2n) is 2.83. The predicted molar refractivity (Wildman–Crippen MR) is 40.1 cm³/mol. The first kappa shape index (κ1) is 9.28. The molecule has 1 aliphatic rings. The molecule has 1 rings (SSSR count). The van der Waals surface area contributed by atoms with Crippen molar-refractivity contribution in [1.82, 2.24) is 0 Å². The van der Waals surface area contributed by atoms with Gasteiger partial charge in [0, 0.05) is 10.8 Å². The van der Waals surface area contributed by atoms with Crippen LogP contribution < -0.4 is 0 Å². The molecule has 0 spiro atoms. The Morgan fingerprint density at radius 1 is 1.58 bits per heavy atom. The van der Waals surface area contributed by atoms with Crippen molar-refractivity contribution in [3.63, 3.8) is 0 Å². The van der Waals surface area contributed by atoms with Gasteiger partial charge in [0.15, 0.2) is 6.29 Å². The highest BCUT2D eigenvalue weighted by Crippen LogP contribution is 2.25. The summed E-state index contributed by atoms with van der Waals surface area (Å²) in [6.45, 7) is 1.88. The van der Waals surface area contributed by atoms with Crippen LogP contribution in [0.25, 0.3) is 10.4 Å². The molecule has 0 radical (unpaired) electrons. The highest BCUT2D eigenvalue weighted by atomic mass is 16.6. The molecular formula is C6H11N3O3. The number of nitrogens with zero attached hydrogens (tertiary/aromatic N) is 3. The quantitative estimate of drug-likeness (QED) is 0.349. The van der Waals surface area contributed by atoms with Gasteiger partial charge in [0.05, 0.1) is 12.6 Å². The maximum absolute atomic E-state index is 9.23. The number of ether oxygens (including phenoxy) is 1. The van der Waals surface area contributed by atoms with Crippen molar-refractivity contribution in [1.29, 1.82) is 0 Å². The minimum atomic E-state index is -1.15. The molecule has 68 valence electrons. The molecule has 0 saturated carbocycles. The maximum atomic E-state index is 9.23. The largest absolute Gasteiger partial charge is 0.387 e. The number of aliphatic hydroxyl groups excluding tert-OH is 2. The second kappa shape index (κ2) is 3.73. The molecule has 1 unspecified atom stereocenters. The van der Waals surface area contributed by atoms with E-state index in [0.717, 1.165) is 0 Å². The Hall–Kier alpha value is -0.810. The van der Waals surface area contributed by atoms with Crippen molar-refractivity contribution in [2.45, 2.75) is 25.4 Å². The van der Waals surface area contributed by atoms with E-state index < -0.39 is 12.4 Å². The molecule has 0 amide bonds. The monoisotopic (exact) mass is 173 g/mol. The Bertz CT molecular complexity index is 204. The Labute approximate surface area is 69.4 Å². The summed E-state index contributed by atoms with van der Waals surface area (Å²) in [4.78, 5) is 2.57. The molecule has 0 aromatic heterocycles. The van der Waals surface area contributed by atoms with Gasteiger partial charge in [-0.3, -0.25) is 0 Å². The molecule has 6 heteroatoms. The lowest BCUT2D eigenvalue weighted by molar-refractivity contribution is -0.125. The zero-order valence-electron chi connectivity index (χ0n) is 6.66. The molecule has 1 fully saturated rings. The summed E-state index contributed by atoms with van der Waals surface area (Å²) < 4.78 is 4.93. The number of aliphatic hydroxyl groups is 2. The predicted octanol–water partition coefficient (Wildman–Crippen LogP) is 0.0109.